The smallest absolute Gasteiger partial charge is 0.352 e. The number of carbonyl (C=O) groups is 1. The van der Waals surface area contributed by atoms with E-state index < -0.39 is 5.97 Å². The highest BCUT2D eigenvalue weighted by Crippen LogP contribution is 2.13. The molecule has 0 radical (unpaired) electrons. The van der Waals surface area contributed by atoms with Gasteiger partial charge in [0.05, 0.1) is 0 Å². The Labute approximate surface area is 98.1 Å². The lowest BCUT2D eigenvalue weighted by molar-refractivity contribution is 0.0685. The summed E-state index contributed by atoms with van der Waals surface area (Å²) < 4.78 is 14.6. The molecule has 1 aromatic carbocycles. The first-order valence-electron chi connectivity index (χ1n) is 5.21. The number of carboxylic acids is 1. The molecule has 0 aliphatic carbocycles. The van der Waals surface area contributed by atoms with E-state index in [1.165, 1.54) is 12.1 Å². The minimum atomic E-state index is -0.963. The van der Waals surface area contributed by atoms with Gasteiger partial charge in [-0.1, -0.05) is 6.07 Å². The van der Waals surface area contributed by atoms with Crippen molar-refractivity contribution in [2.75, 3.05) is 0 Å². The molecule has 0 spiro atoms. The molecule has 0 aliphatic heterocycles. The Bertz CT molecular complexity index is 560. The molecule has 4 heteroatoms. The van der Waals surface area contributed by atoms with Crippen molar-refractivity contribution in [3.63, 3.8) is 0 Å². The first-order chi connectivity index (χ1) is 8.08. The molecule has 0 amide bonds. The second-order valence-corrected chi connectivity index (χ2v) is 3.90. The zero-order valence-corrected chi connectivity index (χ0v) is 9.35. The van der Waals surface area contributed by atoms with E-state index in [0.717, 1.165) is 11.1 Å². The number of aromatic nitrogens is 1. The summed E-state index contributed by atoms with van der Waals surface area (Å²) in [5.41, 5.74) is 1.95. The average molecular weight is 233 g/mol. The average Bonchev–Trinajstić information content (AvgIpc) is 2.70. The lowest BCUT2D eigenvalue weighted by atomic mass is 10.1. The molecule has 1 N–H and O–H groups in total. The Kier molecular flexibility index (Phi) is 2.95. The quantitative estimate of drug-likeness (QED) is 0.885. The highest BCUT2D eigenvalue weighted by atomic mass is 19.1. The van der Waals surface area contributed by atoms with Gasteiger partial charge in [0.15, 0.2) is 0 Å². The Morgan fingerprint density at radius 1 is 1.41 bits per heavy atom. The van der Waals surface area contributed by atoms with E-state index in [2.05, 4.69) is 0 Å². The van der Waals surface area contributed by atoms with Gasteiger partial charge in [-0.15, -0.1) is 0 Å². The predicted molar refractivity (Wildman–Crippen MR) is 61.6 cm³/mol. The lowest BCUT2D eigenvalue weighted by Crippen LogP contribution is -2.09. The van der Waals surface area contributed by atoms with Crippen LogP contribution in [0.15, 0.2) is 36.5 Å². The Morgan fingerprint density at radius 3 is 2.82 bits per heavy atom. The number of halogens is 1. The molecule has 88 valence electrons. The van der Waals surface area contributed by atoms with E-state index >= 15 is 0 Å². The van der Waals surface area contributed by atoms with Crippen LogP contribution in [0.5, 0.6) is 0 Å². The van der Waals surface area contributed by atoms with Gasteiger partial charge in [0.2, 0.25) is 0 Å². The van der Waals surface area contributed by atoms with Crippen LogP contribution in [-0.4, -0.2) is 15.6 Å². The van der Waals surface area contributed by atoms with Crippen LogP contribution in [0.1, 0.15) is 21.6 Å². The lowest BCUT2D eigenvalue weighted by Gasteiger charge is -2.09. The summed E-state index contributed by atoms with van der Waals surface area (Å²) in [6.45, 7) is 2.24. The maximum Gasteiger partial charge on any atom is 0.352 e. The second kappa shape index (κ2) is 4.41. The molecule has 3 nitrogen and oxygen atoms in total. The minimum Gasteiger partial charge on any atom is -0.477 e. The molecule has 0 saturated heterocycles. The maximum atomic E-state index is 12.9. The Balaban J connectivity index is 2.31. The van der Waals surface area contributed by atoms with Crippen LogP contribution in [0.25, 0.3) is 0 Å². The zero-order valence-electron chi connectivity index (χ0n) is 9.35. The van der Waals surface area contributed by atoms with Gasteiger partial charge >= 0.3 is 5.97 Å². The van der Waals surface area contributed by atoms with Gasteiger partial charge < -0.3 is 9.67 Å². The van der Waals surface area contributed by atoms with Crippen LogP contribution in [-0.2, 0) is 6.54 Å². The number of aromatic carboxylic acids is 1. The van der Waals surface area contributed by atoms with Crippen molar-refractivity contribution in [2.24, 2.45) is 0 Å². The van der Waals surface area contributed by atoms with Crippen molar-refractivity contribution in [1.29, 1.82) is 0 Å². The molecule has 0 unspecified atom stereocenters. The van der Waals surface area contributed by atoms with Crippen molar-refractivity contribution in [1.82, 2.24) is 4.57 Å². The van der Waals surface area contributed by atoms with Crippen LogP contribution < -0.4 is 0 Å². The predicted octanol–water partition coefficient (Wildman–Crippen LogP) is 2.68. The molecule has 2 rings (SSSR count). The summed E-state index contributed by atoms with van der Waals surface area (Å²) in [4.78, 5) is 10.9. The van der Waals surface area contributed by atoms with E-state index in [1.807, 2.05) is 6.92 Å². The number of aryl methyl sites for hydroxylation is 1. The van der Waals surface area contributed by atoms with Crippen LogP contribution in [0.3, 0.4) is 0 Å². The summed E-state index contributed by atoms with van der Waals surface area (Å²) in [6, 6.07) is 7.73. The van der Waals surface area contributed by atoms with Gasteiger partial charge in [0.25, 0.3) is 0 Å². The third-order valence-electron chi connectivity index (χ3n) is 2.69. The first-order valence-corrected chi connectivity index (χ1v) is 5.21. The van der Waals surface area contributed by atoms with Crippen LogP contribution in [0.4, 0.5) is 4.39 Å². The summed E-state index contributed by atoms with van der Waals surface area (Å²) >= 11 is 0. The monoisotopic (exact) mass is 233 g/mol. The third-order valence-corrected chi connectivity index (χ3v) is 2.69. The van der Waals surface area contributed by atoms with Crippen LogP contribution >= 0.6 is 0 Å². The highest BCUT2D eigenvalue weighted by molar-refractivity contribution is 5.85. The van der Waals surface area contributed by atoms with Gasteiger partial charge in [0.1, 0.15) is 11.5 Å². The summed E-state index contributed by atoms with van der Waals surface area (Å²) in [5.74, 6) is -1.24. The van der Waals surface area contributed by atoms with Crippen molar-refractivity contribution in [3.8, 4) is 0 Å². The second-order valence-electron chi connectivity index (χ2n) is 3.90. The molecule has 0 aliphatic rings. The molecule has 2 aromatic rings. The summed E-state index contributed by atoms with van der Waals surface area (Å²) in [7, 11) is 0. The van der Waals surface area contributed by atoms with Gasteiger partial charge in [-0.2, -0.15) is 0 Å². The molecule has 0 saturated carbocycles. The van der Waals surface area contributed by atoms with E-state index in [0.29, 0.717) is 6.54 Å². The van der Waals surface area contributed by atoms with E-state index in [-0.39, 0.29) is 11.5 Å². The molecule has 0 atom stereocenters. The number of nitrogens with zero attached hydrogens (tertiary/aromatic N) is 1. The first kappa shape index (κ1) is 11.4. The summed E-state index contributed by atoms with van der Waals surface area (Å²) in [5, 5.41) is 8.97. The molecule has 0 bridgehead atoms. The van der Waals surface area contributed by atoms with Gasteiger partial charge in [-0.3, -0.25) is 0 Å². The Hall–Kier alpha value is -2.10. The molecule has 0 fully saturated rings. The fourth-order valence-electron chi connectivity index (χ4n) is 1.77. The van der Waals surface area contributed by atoms with E-state index in [9.17, 15) is 9.18 Å². The van der Waals surface area contributed by atoms with Crippen molar-refractivity contribution in [2.45, 2.75) is 13.5 Å². The van der Waals surface area contributed by atoms with Crippen LogP contribution in [0, 0.1) is 12.7 Å². The summed E-state index contributed by atoms with van der Waals surface area (Å²) in [6.07, 6.45) is 1.70. The molecular formula is C13H12FNO2. The largest absolute Gasteiger partial charge is 0.477 e. The third kappa shape index (κ3) is 2.36. The number of benzene rings is 1. The molecule has 17 heavy (non-hydrogen) atoms. The molecular weight excluding hydrogens is 221 g/mol. The Morgan fingerprint density at radius 2 is 2.18 bits per heavy atom. The fraction of sp³-hybridized carbons (Fsp3) is 0.154. The number of hydrogen-bond acceptors (Lipinski definition) is 1. The van der Waals surface area contributed by atoms with Gasteiger partial charge in [-0.25, -0.2) is 9.18 Å². The van der Waals surface area contributed by atoms with Gasteiger partial charge in [-0.05, 0) is 42.3 Å². The number of carboxylic acid groups (broad SMARTS) is 1. The van der Waals surface area contributed by atoms with E-state index in [1.54, 1.807) is 29.0 Å². The molecule has 1 aromatic heterocycles. The fourth-order valence-corrected chi connectivity index (χ4v) is 1.77. The van der Waals surface area contributed by atoms with Gasteiger partial charge in [0, 0.05) is 12.7 Å². The number of hydrogen-bond donors (Lipinski definition) is 1. The maximum absolute atomic E-state index is 12.9. The topological polar surface area (TPSA) is 42.2 Å². The SMILES string of the molecule is Cc1cc(F)ccc1Cn1cccc1C(=O)O. The van der Waals surface area contributed by atoms with E-state index in [4.69, 9.17) is 5.11 Å². The van der Waals surface area contributed by atoms with Crippen molar-refractivity contribution >= 4 is 5.97 Å². The minimum absolute atomic E-state index is 0.230. The highest BCUT2D eigenvalue weighted by Gasteiger charge is 2.09. The van der Waals surface area contributed by atoms with Crippen LogP contribution in [0.2, 0.25) is 0 Å². The van der Waals surface area contributed by atoms with Crippen molar-refractivity contribution in [3.05, 3.63) is 59.2 Å². The van der Waals surface area contributed by atoms with Crippen molar-refractivity contribution < 1.29 is 14.3 Å². The standard InChI is InChI=1S/C13H12FNO2/c1-9-7-11(14)5-4-10(9)8-15-6-2-3-12(15)13(16)17/h2-7H,8H2,1H3,(H,16,17). The normalized spacial score (nSPS) is 10.5. The number of rotatable bonds is 3. The zero-order chi connectivity index (χ0) is 12.4. The molecule has 1 heterocycles.